The normalized spacial score (nSPS) is 11.3. The van der Waals surface area contributed by atoms with E-state index < -0.39 is 4.92 Å². The maximum absolute atomic E-state index is 11.2. The predicted molar refractivity (Wildman–Crippen MR) is 104 cm³/mol. The van der Waals surface area contributed by atoms with Crippen molar-refractivity contribution < 1.29 is 13.8 Å². The quantitative estimate of drug-likeness (QED) is 0.248. The molecule has 8 heteroatoms. The van der Waals surface area contributed by atoms with Crippen LogP contribution in [0, 0.1) is 21.4 Å². The number of nitro groups is 1. The molecular weight excluding hydrogens is 378 g/mol. The van der Waals surface area contributed by atoms with Gasteiger partial charge in [0, 0.05) is 17.5 Å². The molecule has 4 aromatic rings. The number of furan rings is 2. The number of hydrogen-bond donors (Lipinski definition) is 0. The maximum atomic E-state index is 11.2. The minimum absolute atomic E-state index is 0.0455. The van der Waals surface area contributed by atoms with Crippen molar-refractivity contribution in [3.8, 4) is 28.8 Å². The highest BCUT2D eigenvalue weighted by Crippen LogP contribution is 2.32. The van der Waals surface area contributed by atoms with Crippen molar-refractivity contribution in [2.75, 3.05) is 0 Å². The zero-order valence-corrected chi connectivity index (χ0v) is 15.1. The summed E-state index contributed by atoms with van der Waals surface area (Å²) in [7, 11) is 0. The molecule has 0 saturated carbocycles. The van der Waals surface area contributed by atoms with Crippen molar-refractivity contribution in [3.63, 3.8) is 0 Å². The SMILES string of the molecule is N#CC(=Cc1ccc(-c2ccccc2[N+](=O)[O-])o1)c1nc(-c2ccco2)cs1. The van der Waals surface area contributed by atoms with Crippen LogP contribution < -0.4 is 0 Å². The molecule has 3 heterocycles. The Bertz CT molecular complexity index is 1210. The third kappa shape index (κ3) is 3.34. The fraction of sp³-hybridized carbons (Fsp3) is 0. The summed E-state index contributed by atoms with van der Waals surface area (Å²) in [5.74, 6) is 1.38. The van der Waals surface area contributed by atoms with Gasteiger partial charge in [-0.3, -0.25) is 10.1 Å². The van der Waals surface area contributed by atoms with Crippen LogP contribution in [-0.2, 0) is 0 Å². The third-order valence-electron chi connectivity index (χ3n) is 3.91. The monoisotopic (exact) mass is 389 g/mol. The first-order chi connectivity index (χ1) is 13.7. The average Bonchev–Trinajstić information content (AvgIpc) is 3.47. The van der Waals surface area contributed by atoms with Gasteiger partial charge in [-0.15, -0.1) is 11.3 Å². The van der Waals surface area contributed by atoms with Crippen LogP contribution in [-0.4, -0.2) is 9.91 Å². The van der Waals surface area contributed by atoms with Crippen LogP contribution in [0.4, 0.5) is 5.69 Å². The van der Waals surface area contributed by atoms with Crippen LogP contribution in [0.15, 0.2) is 69.0 Å². The Balaban J connectivity index is 1.66. The van der Waals surface area contributed by atoms with Gasteiger partial charge in [0.05, 0.1) is 22.3 Å². The summed E-state index contributed by atoms with van der Waals surface area (Å²) in [6.07, 6.45) is 3.12. The zero-order valence-electron chi connectivity index (χ0n) is 14.2. The van der Waals surface area contributed by atoms with E-state index in [1.165, 1.54) is 17.4 Å². The van der Waals surface area contributed by atoms with Crippen LogP contribution in [0.3, 0.4) is 0 Å². The molecule has 0 aliphatic carbocycles. The molecule has 28 heavy (non-hydrogen) atoms. The van der Waals surface area contributed by atoms with Gasteiger partial charge in [-0.1, -0.05) is 12.1 Å². The zero-order chi connectivity index (χ0) is 19.5. The first kappa shape index (κ1) is 17.5. The Morgan fingerprint density at radius 2 is 2.04 bits per heavy atom. The van der Waals surface area contributed by atoms with Gasteiger partial charge in [-0.2, -0.15) is 5.26 Å². The lowest BCUT2D eigenvalue weighted by Crippen LogP contribution is -1.90. The average molecular weight is 389 g/mol. The number of thiazole rings is 1. The van der Waals surface area contributed by atoms with E-state index in [-0.39, 0.29) is 5.69 Å². The van der Waals surface area contributed by atoms with Crippen LogP contribution >= 0.6 is 11.3 Å². The predicted octanol–water partition coefficient (Wildman–Crippen LogP) is 5.64. The molecule has 0 aliphatic heterocycles. The van der Waals surface area contributed by atoms with E-state index in [0.717, 1.165) is 0 Å². The number of nitrogens with zero attached hydrogens (tertiary/aromatic N) is 3. The number of nitro benzene ring substituents is 1. The van der Waals surface area contributed by atoms with Crippen molar-refractivity contribution >= 4 is 28.7 Å². The number of benzene rings is 1. The van der Waals surface area contributed by atoms with Gasteiger partial charge in [-0.25, -0.2) is 4.98 Å². The van der Waals surface area contributed by atoms with Gasteiger partial charge in [0.15, 0.2) is 5.76 Å². The number of allylic oxidation sites excluding steroid dienone is 1. The maximum Gasteiger partial charge on any atom is 0.280 e. The van der Waals surface area contributed by atoms with E-state index >= 15 is 0 Å². The van der Waals surface area contributed by atoms with E-state index in [4.69, 9.17) is 8.83 Å². The molecule has 0 aliphatic rings. The summed E-state index contributed by atoms with van der Waals surface area (Å²) >= 11 is 1.32. The minimum Gasteiger partial charge on any atom is -0.463 e. The lowest BCUT2D eigenvalue weighted by molar-refractivity contribution is -0.384. The molecule has 3 aromatic heterocycles. The second kappa shape index (κ2) is 7.34. The molecule has 0 bridgehead atoms. The highest BCUT2D eigenvalue weighted by atomic mass is 32.1. The molecule has 7 nitrogen and oxygen atoms in total. The summed E-state index contributed by atoms with van der Waals surface area (Å²) in [6.45, 7) is 0. The summed E-state index contributed by atoms with van der Waals surface area (Å²) in [5, 5.41) is 23.1. The number of rotatable bonds is 5. The fourth-order valence-electron chi connectivity index (χ4n) is 2.64. The summed E-state index contributed by atoms with van der Waals surface area (Å²) in [5.41, 5.74) is 1.30. The summed E-state index contributed by atoms with van der Waals surface area (Å²) < 4.78 is 11.0. The Kier molecular flexibility index (Phi) is 4.58. The second-order valence-corrected chi connectivity index (χ2v) is 6.52. The Morgan fingerprint density at radius 1 is 1.18 bits per heavy atom. The molecule has 0 fully saturated rings. The number of hydrogen-bond acceptors (Lipinski definition) is 7. The van der Waals surface area contributed by atoms with E-state index in [0.29, 0.717) is 39.1 Å². The molecule has 0 atom stereocenters. The van der Waals surface area contributed by atoms with Gasteiger partial charge in [0.2, 0.25) is 0 Å². The second-order valence-electron chi connectivity index (χ2n) is 5.66. The molecule has 0 amide bonds. The molecule has 4 rings (SSSR count). The highest BCUT2D eigenvalue weighted by Gasteiger charge is 2.17. The van der Waals surface area contributed by atoms with Gasteiger partial charge >= 0.3 is 0 Å². The van der Waals surface area contributed by atoms with E-state index in [2.05, 4.69) is 11.1 Å². The molecule has 0 spiro atoms. The number of nitriles is 1. The topological polar surface area (TPSA) is 106 Å². The smallest absolute Gasteiger partial charge is 0.280 e. The first-order valence-corrected chi connectivity index (χ1v) is 8.99. The Morgan fingerprint density at radius 3 is 2.79 bits per heavy atom. The molecule has 0 unspecified atom stereocenters. The molecule has 136 valence electrons. The minimum atomic E-state index is -0.459. The number of para-hydroxylation sites is 1. The standard InChI is InChI=1S/C20H11N3O4S/c21-11-13(20-22-16(12-28-20)19-6-3-9-26-19)10-14-7-8-18(27-14)15-4-1-2-5-17(15)23(24)25/h1-10,12H. The lowest BCUT2D eigenvalue weighted by Gasteiger charge is -1.98. The lowest BCUT2D eigenvalue weighted by atomic mass is 10.1. The molecule has 1 aromatic carbocycles. The first-order valence-electron chi connectivity index (χ1n) is 8.11. The van der Waals surface area contributed by atoms with Gasteiger partial charge in [0.1, 0.15) is 28.3 Å². The van der Waals surface area contributed by atoms with Crippen molar-refractivity contribution in [1.82, 2.24) is 4.98 Å². The number of aromatic nitrogens is 1. The molecule has 0 radical (unpaired) electrons. The van der Waals surface area contributed by atoms with Gasteiger partial charge < -0.3 is 8.83 Å². The Hall–Kier alpha value is -3.96. The van der Waals surface area contributed by atoms with Crippen molar-refractivity contribution in [3.05, 3.63) is 81.1 Å². The van der Waals surface area contributed by atoms with Crippen LogP contribution in [0.2, 0.25) is 0 Å². The van der Waals surface area contributed by atoms with Gasteiger partial charge in [-0.05, 0) is 30.3 Å². The van der Waals surface area contributed by atoms with Crippen molar-refractivity contribution in [2.45, 2.75) is 0 Å². The molecule has 0 N–H and O–H groups in total. The van der Waals surface area contributed by atoms with E-state index in [9.17, 15) is 15.4 Å². The third-order valence-corrected chi connectivity index (χ3v) is 4.78. The van der Waals surface area contributed by atoms with E-state index in [1.807, 2.05) is 0 Å². The van der Waals surface area contributed by atoms with Gasteiger partial charge in [0.25, 0.3) is 5.69 Å². The largest absolute Gasteiger partial charge is 0.463 e. The summed E-state index contributed by atoms with van der Waals surface area (Å²) in [6, 6.07) is 15.3. The molecule has 0 saturated heterocycles. The summed E-state index contributed by atoms with van der Waals surface area (Å²) in [4.78, 5) is 15.2. The molecular formula is C20H11N3O4S. The van der Waals surface area contributed by atoms with E-state index in [1.54, 1.807) is 60.2 Å². The Labute approximate surface area is 163 Å². The fourth-order valence-corrected chi connectivity index (χ4v) is 3.41. The van der Waals surface area contributed by atoms with Crippen molar-refractivity contribution in [1.29, 1.82) is 5.26 Å². The van der Waals surface area contributed by atoms with Crippen LogP contribution in [0.5, 0.6) is 0 Å². The highest BCUT2D eigenvalue weighted by molar-refractivity contribution is 7.11. The van der Waals surface area contributed by atoms with Crippen molar-refractivity contribution in [2.24, 2.45) is 0 Å². The van der Waals surface area contributed by atoms with Crippen LogP contribution in [0.1, 0.15) is 10.8 Å². The van der Waals surface area contributed by atoms with Crippen LogP contribution in [0.25, 0.3) is 34.4 Å².